The molecular weight excluding hydrogens is 267 g/mol. The average molecular weight is 290 g/mol. The van der Waals surface area contributed by atoms with Gasteiger partial charge in [0, 0.05) is 30.9 Å². The monoisotopic (exact) mass is 290 g/mol. The summed E-state index contributed by atoms with van der Waals surface area (Å²) >= 11 is 0. The Morgan fingerprint density at radius 3 is 2.81 bits per heavy atom. The first kappa shape index (κ1) is 15.6. The molecular formula is C17H23FN2O. The highest BCUT2D eigenvalue weighted by Crippen LogP contribution is 2.27. The number of benzene rings is 1. The Labute approximate surface area is 125 Å². The Morgan fingerprint density at radius 2 is 2.14 bits per heavy atom. The van der Waals surface area contributed by atoms with Crippen LogP contribution in [0.5, 0.6) is 0 Å². The summed E-state index contributed by atoms with van der Waals surface area (Å²) in [6.45, 7) is 5.84. The summed E-state index contributed by atoms with van der Waals surface area (Å²) in [6.07, 6.45) is 4.46. The van der Waals surface area contributed by atoms with Gasteiger partial charge in [-0.25, -0.2) is 4.39 Å². The predicted molar refractivity (Wildman–Crippen MR) is 83.9 cm³/mol. The number of nitrogens with zero attached hydrogens (tertiary/aromatic N) is 1. The van der Waals surface area contributed by atoms with E-state index in [0.29, 0.717) is 0 Å². The van der Waals surface area contributed by atoms with E-state index in [1.165, 1.54) is 6.07 Å². The second kappa shape index (κ2) is 7.27. The summed E-state index contributed by atoms with van der Waals surface area (Å²) in [6, 6.07) is 7.03. The second-order valence-electron chi connectivity index (χ2n) is 5.37. The van der Waals surface area contributed by atoms with E-state index < -0.39 is 0 Å². The van der Waals surface area contributed by atoms with Gasteiger partial charge in [-0.2, -0.15) is 0 Å². The SMILES string of the molecule is CCCNC(C)c1cc(F)ccc1N(C)Cc1ccoc1. The molecule has 0 aliphatic carbocycles. The van der Waals surface area contributed by atoms with Crippen LogP contribution in [0.25, 0.3) is 0 Å². The standard InChI is InChI=1S/C17H23FN2O/c1-4-8-19-13(2)16-10-15(18)5-6-17(16)20(3)11-14-7-9-21-12-14/h5-7,9-10,12-13,19H,4,8,11H2,1-3H3. The summed E-state index contributed by atoms with van der Waals surface area (Å²) in [5, 5.41) is 3.42. The van der Waals surface area contributed by atoms with Crippen molar-refractivity contribution in [1.29, 1.82) is 0 Å². The lowest BCUT2D eigenvalue weighted by Gasteiger charge is -2.25. The van der Waals surface area contributed by atoms with E-state index in [2.05, 4.69) is 24.1 Å². The molecule has 0 aliphatic heterocycles. The largest absolute Gasteiger partial charge is 0.472 e. The number of nitrogens with one attached hydrogen (secondary N) is 1. The molecule has 1 N–H and O–H groups in total. The summed E-state index contributed by atoms with van der Waals surface area (Å²) in [5.74, 6) is -0.199. The number of hydrogen-bond acceptors (Lipinski definition) is 3. The van der Waals surface area contributed by atoms with E-state index in [9.17, 15) is 4.39 Å². The molecule has 0 aliphatic rings. The van der Waals surface area contributed by atoms with Crippen LogP contribution in [-0.2, 0) is 6.54 Å². The molecule has 0 bridgehead atoms. The van der Waals surface area contributed by atoms with Crippen molar-refractivity contribution < 1.29 is 8.81 Å². The fourth-order valence-corrected chi connectivity index (χ4v) is 2.43. The van der Waals surface area contributed by atoms with Crippen LogP contribution in [0.15, 0.2) is 41.2 Å². The third kappa shape index (κ3) is 4.08. The van der Waals surface area contributed by atoms with Gasteiger partial charge in [0.1, 0.15) is 5.82 Å². The molecule has 3 nitrogen and oxygen atoms in total. The van der Waals surface area contributed by atoms with Gasteiger partial charge in [-0.15, -0.1) is 0 Å². The van der Waals surface area contributed by atoms with Crippen molar-refractivity contribution in [3.05, 3.63) is 53.7 Å². The van der Waals surface area contributed by atoms with Gasteiger partial charge in [0.15, 0.2) is 0 Å². The van der Waals surface area contributed by atoms with E-state index in [1.54, 1.807) is 18.6 Å². The van der Waals surface area contributed by atoms with Crippen LogP contribution in [0.2, 0.25) is 0 Å². The van der Waals surface area contributed by atoms with Crippen molar-refractivity contribution in [2.24, 2.45) is 0 Å². The third-order valence-electron chi connectivity index (χ3n) is 3.57. The van der Waals surface area contributed by atoms with Crippen LogP contribution in [0.4, 0.5) is 10.1 Å². The minimum Gasteiger partial charge on any atom is -0.472 e. The first-order valence-electron chi connectivity index (χ1n) is 7.37. The molecule has 4 heteroatoms. The molecule has 1 unspecified atom stereocenters. The number of halogens is 1. The van der Waals surface area contributed by atoms with Crippen LogP contribution in [0.3, 0.4) is 0 Å². The molecule has 0 radical (unpaired) electrons. The van der Waals surface area contributed by atoms with E-state index in [-0.39, 0.29) is 11.9 Å². The van der Waals surface area contributed by atoms with E-state index in [1.807, 2.05) is 19.2 Å². The second-order valence-corrected chi connectivity index (χ2v) is 5.37. The maximum absolute atomic E-state index is 13.6. The van der Waals surface area contributed by atoms with Crippen molar-refractivity contribution in [3.63, 3.8) is 0 Å². The normalized spacial score (nSPS) is 12.4. The predicted octanol–water partition coefficient (Wildman–Crippen LogP) is 4.12. The van der Waals surface area contributed by atoms with Crippen molar-refractivity contribution >= 4 is 5.69 Å². The average Bonchev–Trinajstić information content (AvgIpc) is 2.97. The Kier molecular flexibility index (Phi) is 5.39. The van der Waals surface area contributed by atoms with Gasteiger partial charge >= 0.3 is 0 Å². The Balaban J connectivity index is 2.21. The zero-order chi connectivity index (χ0) is 15.2. The topological polar surface area (TPSA) is 28.4 Å². The minimum atomic E-state index is -0.199. The quantitative estimate of drug-likeness (QED) is 0.831. The number of anilines is 1. The van der Waals surface area contributed by atoms with Gasteiger partial charge in [0.2, 0.25) is 0 Å². The molecule has 0 saturated carbocycles. The summed E-state index contributed by atoms with van der Waals surface area (Å²) in [5.41, 5.74) is 3.12. The molecule has 0 spiro atoms. The van der Waals surface area contributed by atoms with Gasteiger partial charge < -0.3 is 14.6 Å². The molecule has 1 atom stereocenters. The van der Waals surface area contributed by atoms with Crippen molar-refractivity contribution in [3.8, 4) is 0 Å². The van der Waals surface area contributed by atoms with Crippen LogP contribution >= 0.6 is 0 Å². The highest BCUT2D eigenvalue weighted by atomic mass is 19.1. The van der Waals surface area contributed by atoms with Gasteiger partial charge in [-0.1, -0.05) is 6.92 Å². The first-order chi connectivity index (χ1) is 10.1. The zero-order valence-corrected chi connectivity index (χ0v) is 12.9. The van der Waals surface area contributed by atoms with Gasteiger partial charge in [0.05, 0.1) is 12.5 Å². The van der Waals surface area contributed by atoms with Crippen molar-refractivity contribution in [1.82, 2.24) is 5.32 Å². The van der Waals surface area contributed by atoms with Gasteiger partial charge in [-0.3, -0.25) is 0 Å². The maximum Gasteiger partial charge on any atom is 0.123 e. The summed E-state index contributed by atoms with van der Waals surface area (Å²) in [4.78, 5) is 2.11. The Hall–Kier alpha value is -1.81. The number of furan rings is 1. The van der Waals surface area contributed by atoms with Crippen LogP contribution in [0, 0.1) is 5.82 Å². The van der Waals surface area contributed by atoms with Crippen LogP contribution < -0.4 is 10.2 Å². The highest BCUT2D eigenvalue weighted by Gasteiger charge is 2.14. The third-order valence-corrected chi connectivity index (χ3v) is 3.57. The lowest BCUT2D eigenvalue weighted by molar-refractivity contribution is 0.559. The van der Waals surface area contributed by atoms with Crippen LogP contribution in [0.1, 0.15) is 37.4 Å². The minimum absolute atomic E-state index is 0.113. The molecule has 0 saturated heterocycles. The maximum atomic E-state index is 13.6. The van der Waals surface area contributed by atoms with E-state index >= 15 is 0 Å². The van der Waals surface area contributed by atoms with E-state index in [0.717, 1.165) is 36.3 Å². The summed E-state index contributed by atoms with van der Waals surface area (Å²) in [7, 11) is 2.01. The molecule has 0 amide bonds. The molecule has 2 aromatic rings. The Bertz CT molecular complexity index is 554. The molecule has 114 valence electrons. The Morgan fingerprint density at radius 1 is 1.33 bits per heavy atom. The van der Waals surface area contributed by atoms with Gasteiger partial charge in [0.25, 0.3) is 0 Å². The lowest BCUT2D eigenvalue weighted by Crippen LogP contribution is -2.24. The highest BCUT2D eigenvalue weighted by molar-refractivity contribution is 5.55. The molecule has 1 aromatic carbocycles. The summed E-state index contributed by atoms with van der Waals surface area (Å²) < 4.78 is 18.7. The molecule has 1 heterocycles. The van der Waals surface area contributed by atoms with E-state index in [4.69, 9.17) is 4.42 Å². The first-order valence-corrected chi connectivity index (χ1v) is 7.37. The fourth-order valence-electron chi connectivity index (χ4n) is 2.43. The van der Waals surface area contributed by atoms with Crippen molar-refractivity contribution in [2.75, 3.05) is 18.5 Å². The van der Waals surface area contributed by atoms with Crippen molar-refractivity contribution in [2.45, 2.75) is 32.9 Å². The number of hydrogen-bond donors (Lipinski definition) is 1. The fraction of sp³-hybridized carbons (Fsp3) is 0.412. The molecule has 0 fully saturated rings. The van der Waals surface area contributed by atoms with Gasteiger partial charge in [-0.05, 0) is 49.7 Å². The lowest BCUT2D eigenvalue weighted by atomic mass is 10.0. The smallest absolute Gasteiger partial charge is 0.123 e. The zero-order valence-electron chi connectivity index (χ0n) is 12.9. The molecule has 1 aromatic heterocycles. The molecule has 21 heavy (non-hydrogen) atoms. The molecule has 2 rings (SSSR count). The van der Waals surface area contributed by atoms with Crippen LogP contribution in [-0.4, -0.2) is 13.6 Å². The number of rotatable bonds is 7.